The average Bonchev–Trinajstić information content (AvgIpc) is 3.29. The number of fused-ring (bicyclic) bond motifs is 2. The van der Waals surface area contributed by atoms with Gasteiger partial charge in [0.25, 0.3) is 0 Å². The maximum absolute atomic E-state index is 2.44. The van der Waals surface area contributed by atoms with Crippen molar-refractivity contribution in [3.8, 4) is 55.6 Å². The van der Waals surface area contributed by atoms with Gasteiger partial charge >= 0.3 is 0 Å². The van der Waals surface area contributed by atoms with Gasteiger partial charge in [-0.05, 0) is 114 Å². The molecule has 0 saturated carbocycles. The standard InChI is InChI=1S/C56H39N/c1-3-15-40(16-4-1)47-23-13-24-51(39-47)57(50-35-33-44(34-36-50)53-26-12-11-25-52(53)43-19-5-2-6-20-43)55-28-14-27-54(48-31-29-41-17-7-9-21-45(41)37-48)56(55)49-32-30-42-18-8-10-22-46(42)38-49/h1-39H. The number of benzene rings is 10. The monoisotopic (exact) mass is 725 g/mol. The number of anilines is 3. The van der Waals surface area contributed by atoms with Crippen molar-refractivity contribution in [1.29, 1.82) is 0 Å². The van der Waals surface area contributed by atoms with Crippen molar-refractivity contribution in [3.63, 3.8) is 0 Å². The summed E-state index contributed by atoms with van der Waals surface area (Å²) in [4.78, 5) is 2.44. The van der Waals surface area contributed by atoms with Crippen LogP contribution in [-0.4, -0.2) is 0 Å². The number of hydrogen-bond donors (Lipinski definition) is 0. The van der Waals surface area contributed by atoms with E-state index in [0.717, 1.165) is 17.1 Å². The molecule has 0 atom stereocenters. The Morgan fingerprint density at radius 1 is 0.228 bits per heavy atom. The Balaban J connectivity index is 1.20. The highest BCUT2D eigenvalue weighted by atomic mass is 15.1. The fourth-order valence-electron chi connectivity index (χ4n) is 8.25. The Morgan fingerprint density at radius 3 is 1.37 bits per heavy atom. The van der Waals surface area contributed by atoms with Crippen LogP contribution < -0.4 is 4.90 Å². The second-order valence-corrected chi connectivity index (χ2v) is 14.5. The lowest BCUT2D eigenvalue weighted by Crippen LogP contribution is -2.12. The van der Waals surface area contributed by atoms with Gasteiger partial charge in [-0.25, -0.2) is 0 Å². The van der Waals surface area contributed by atoms with E-state index in [0.29, 0.717) is 0 Å². The fraction of sp³-hybridized carbons (Fsp3) is 0. The Bertz CT molecular complexity index is 3000. The van der Waals surface area contributed by atoms with Crippen LogP contribution in [0.5, 0.6) is 0 Å². The molecule has 0 spiro atoms. The van der Waals surface area contributed by atoms with Crippen molar-refractivity contribution < 1.29 is 0 Å². The quantitative estimate of drug-likeness (QED) is 0.151. The van der Waals surface area contributed by atoms with Gasteiger partial charge in [0, 0.05) is 16.9 Å². The first-order chi connectivity index (χ1) is 28.3. The summed E-state index contributed by atoms with van der Waals surface area (Å²) in [7, 11) is 0. The summed E-state index contributed by atoms with van der Waals surface area (Å²) in [6.07, 6.45) is 0. The minimum absolute atomic E-state index is 1.08. The summed E-state index contributed by atoms with van der Waals surface area (Å²) < 4.78 is 0. The first-order valence-electron chi connectivity index (χ1n) is 19.6. The first-order valence-corrected chi connectivity index (χ1v) is 19.6. The molecular formula is C56H39N. The normalized spacial score (nSPS) is 11.2. The van der Waals surface area contributed by atoms with Gasteiger partial charge in [0.15, 0.2) is 0 Å². The van der Waals surface area contributed by atoms with Crippen LogP contribution in [-0.2, 0) is 0 Å². The van der Waals surface area contributed by atoms with Crippen LogP contribution in [0.1, 0.15) is 0 Å². The average molecular weight is 726 g/mol. The van der Waals surface area contributed by atoms with Crippen molar-refractivity contribution >= 4 is 38.6 Å². The molecule has 0 amide bonds. The number of rotatable bonds is 8. The van der Waals surface area contributed by atoms with E-state index in [1.807, 2.05) is 0 Å². The summed E-state index contributed by atoms with van der Waals surface area (Å²) in [5.41, 5.74) is 15.2. The zero-order valence-electron chi connectivity index (χ0n) is 31.5. The zero-order chi connectivity index (χ0) is 38.0. The second kappa shape index (κ2) is 15.0. The maximum atomic E-state index is 2.44. The third-order valence-corrected chi connectivity index (χ3v) is 11.0. The summed E-state index contributed by atoms with van der Waals surface area (Å²) in [6.45, 7) is 0. The van der Waals surface area contributed by atoms with Crippen molar-refractivity contribution in [2.45, 2.75) is 0 Å². The lowest BCUT2D eigenvalue weighted by atomic mass is 9.90. The molecule has 0 unspecified atom stereocenters. The molecule has 1 nitrogen and oxygen atoms in total. The summed E-state index contributed by atoms with van der Waals surface area (Å²) in [6, 6.07) is 85.8. The molecule has 0 bridgehead atoms. The molecule has 10 rings (SSSR count). The van der Waals surface area contributed by atoms with Gasteiger partial charge in [0.2, 0.25) is 0 Å². The summed E-state index contributed by atoms with van der Waals surface area (Å²) >= 11 is 0. The molecule has 0 heterocycles. The topological polar surface area (TPSA) is 3.24 Å². The van der Waals surface area contributed by atoms with Crippen LogP contribution in [0.3, 0.4) is 0 Å². The van der Waals surface area contributed by atoms with Gasteiger partial charge in [-0.2, -0.15) is 0 Å². The van der Waals surface area contributed by atoms with Crippen LogP contribution in [0.4, 0.5) is 17.1 Å². The van der Waals surface area contributed by atoms with E-state index in [1.165, 1.54) is 77.2 Å². The zero-order valence-corrected chi connectivity index (χ0v) is 31.5. The largest absolute Gasteiger partial charge is 0.310 e. The highest BCUT2D eigenvalue weighted by molar-refractivity contribution is 6.01. The van der Waals surface area contributed by atoms with Gasteiger partial charge in [-0.15, -0.1) is 0 Å². The third-order valence-electron chi connectivity index (χ3n) is 11.0. The molecule has 0 fully saturated rings. The van der Waals surface area contributed by atoms with Crippen LogP contribution in [0.15, 0.2) is 237 Å². The van der Waals surface area contributed by atoms with Crippen LogP contribution in [0.25, 0.3) is 77.2 Å². The summed E-state index contributed by atoms with van der Waals surface area (Å²) in [5.74, 6) is 0. The minimum atomic E-state index is 1.08. The maximum Gasteiger partial charge on any atom is 0.0546 e. The Kier molecular flexibility index (Phi) is 8.95. The van der Waals surface area contributed by atoms with Crippen molar-refractivity contribution in [2.24, 2.45) is 0 Å². The molecule has 0 saturated heterocycles. The van der Waals surface area contributed by atoms with Crippen molar-refractivity contribution in [3.05, 3.63) is 237 Å². The molecule has 1 heteroatoms. The molecular weight excluding hydrogens is 687 g/mol. The van der Waals surface area contributed by atoms with Gasteiger partial charge in [-0.3, -0.25) is 0 Å². The molecule has 0 N–H and O–H groups in total. The number of nitrogens with zero attached hydrogens (tertiary/aromatic N) is 1. The second-order valence-electron chi connectivity index (χ2n) is 14.5. The van der Waals surface area contributed by atoms with E-state index in [4.69, 9.17) is 0 Å². The molecule has 10 aromatic rings. The lowest BCUT2D eigenvalue weighted by molar-refractivity contribution is 1.28. The highest BCUT2D eigenvalue weighted by Gasteiger charge is 2.22. The van der Waals surface area contributed by atoms with Crippen LogP contribution in [0, 0.1) is 0 Å². The molecule has 0 aliphatic heterocycles. The minimum Gasteiger partial charge on any atom is -0.310 e. The van der Waals surface area contributed by atoms with Gasteiger partial charge < -0.3 is 4.90 Å². The van der Waals surface area contributed by atoms with E-state index in [1.54, 1.807) is 0 Å². The van der Waals surface area contributed by atoms with Gasteiger partial charge in [0.1, 0.15) is 0 Å². The molecule has 0 aliphatic rings. The Morgan fingerprint density at radius 2 is 0.702 bits per heavy atom. The number of hydrogen-bond acceptors (Lipinski definition) is 1. The van der Waals surface area contributed by atoms with Gasteiger partial charge in [0.05, 0.1) is 5.69 Å². The molecule has 57 heavy (non-hydrogen) atoms. The van der Waals surface area contributed by atoms with E-state index >= 15 is 0 Å². The van der Waals surface area contributed by atoms with Gasteiger partial charge in [-0.1, -0.05) is 194 Å². The van der Waals surface area contributed by atoms with Crippen molar-refractivity contribution in [1.82, 2.24) is 0 Å². The SMILES string of the molecule is c1ccc(-c2cccc(N(c3ccc(-c4ccccc4-c4ccccc4)cc3)c3cccc(-c4ccc5ccccc5c4)c3-c3ccc4ccccc4c3)c2)cc1. The third kappa shape index (κ3) is 6.66. The van der Waals surface area contributed by atoms with Crippen LogP contribution >= 0.6 is 0 Å². The highest BCUT2D eigenvalue weighted by Crippen LogP contribution is 2.47. The molecule has 0 aromatic heterocycles. The fourth-order valence-corrected chi connectivity index (χ4v) is 8.25. The van der Waals surface area contributed by atoms with Crippen molar-refractivity contribution in [2.75, 3.05) is 4.90 Å². The Hall–Kier alpha value is -7.48. The first kappa shape index (κ1) is 34.0. The van der Waals surface area contributed by atoms with E-state index in [9.17, 15) is 0 Å². The molecule has 0 radical (unpaired) electrons. The van der Waals surface area contributed by atoms with E-state index in [-0.39, 0.29) is 0 Å². The summed E-state index contributed by atoms with van der Waals surface area (Å²) in [5, 5.41) is 4.90. The van der Waals surface area contributed by atoms with E-state index < -0.39 is 0 Å². The Labute approximate surface area is 334 Å². The predicted molar refractivity (Wildman–Crippen MR) is 243 cm³/mol. The molecule has 0 aliphatic carbocycles. The molecule has 10 aromatic carbocycles. The predicted octanol–water partition coefficient (Wildman–Crippen LogP) is 15.8. The smallest absolute Gasteiger partial charge is 0.0546 e. The molecule has 268 valence electrons. The lowest BCUT2D eigenvalue weighted by Gasteiger charge is -2.30. The van der Waals surface area contributed by atoms with Crippen LogP contribution in [0.2, 0.25) is 0 Å². The van der Waals surface area contributed by atoms with E-state index in [2.05, 4.69) is 241 Å².